The first-order valence-corrected chi connectivity index (χ1v) is 7.90. The molecule has 0 bridgehead atoms. The van der Waals surface area contributed by atoms with Crippen LogP contribution < -0.4 is 10.9 Å². The van der Waals surface area contributed by atoms with Gasteiger partial charge in [0.2, 0.25) is 0 Å². The predicted molar refractivity (Wildman–Crippen MR) is 90.2 cm³/mol. The van der Waals surface area contributed by atoms with Gasteiger partial charge in [-0.1, -0.05) is 25.1 Å². The molecule has 0 saturated carbocycles. The second-order valence-electron chi connectivity index (χ2n) is 6.04. The Morgan fingerprint density at radius 2 is 1.84 bits per heavy atom. The number of hydrazine groups is 1. The van der Waals surface area contributed by atoms with E-state index in [1.54, 1.807) is 36.6 Å². The van der Waals surface area contributed by atoms with E-state index < -0.39 is 11.8 Å². The number of hydrogen-bond donors (Lipinski definition) is 2. The van der Waals surface area contributed by atoms with E-state index >= 15 is 0 Å². The average Bonchev–Trinajstić information content (AvgIpc) is 3.11. The van der Waals surface area contributed by atoms with Crippen LogP contribution in [0.3, 0.4) is 0 Å². The fraction of sp³-hybridized carbons (Fsp3) is 0.294. The molecule has 0 aliphatic carbocycles. The maximum atomic E-state index is 12.5. The van der Waals surface area contributed by atoms with Crippen LogP contribution in [-0.4, -0.2) is 26.4 Å². The molecule has 0 fully saturated rings. The molecule has 3 rings (SSSR count). The Balaban J connectivity index is 1.80. The van der Waals surface area contributed by atoms with Crippen molar-refractivity contribution < 1.29 is 14.1 Å². The fourth-order valence-electron chi connectivity index (χ4n) is 2.68. The molecular formula is C17H19N5O3. The number of carbonyl (C=O) groups is 2. The number of imidazole rings is 1. The molecule has 130 valence electrons. The summed E-state index contributed by atoms with van der Waals surface area (Å²) >= 11 is 0. The second kappa shape index (κ2) is 6.39. The van der Waals surface area contributed by atoms with Crippen molar-refractivity contribution in [3.05, 3.63) is 52.8 Å². The first-order valence-electron chi connectivity index (χ1n) is 7.90. The molecule has 3 heterocycles. The van der Waals surface area contributed by atoms with Gasteiger partial charge in [-0.15, -0.1) is 0 Å². The molecule has 0 spiro atoms. The van der Waals surface area contributed by atoms with Crippen LogP contribution in [0.5, 0.6) is 0 Å². The second-order valence-corrected chi connectivity index (χ2v) is 6.04. The molecule has 2 amide bonds. The van der Waals surface area contributed by atoms with Crippen LogP contribution in [0.2, 0.25) is 0 Å². The van der Waals surface area contributed by atoms with Gasteiger partial charge < -0.3 is 4.52 Å². The zero-order chi connectivity index (χ0) is 18.1. The Morgan fingerprint density at radius 1 is 1.12 bits per heavy atom. The lowest BCUT2D eigenvalue weighted by atomic mass is 10.1. The number of aryl methyl sites for hydroxylation is 2. The van der Waals surface area contributed by atoms with Gasteiger partial charge in [-0.2, -0.15) is 0 Å². The van der Waals surface area contributed by atoms with Gasteiger partial charge in [-0.3, -0.25) is 24.8 Å². The Bertz CT molecular complexity index is 955. The lowest BCUT2D eigenvalue weighted by Gasteiger charge is -2.09. The zero-order valence-corrected chi connectivity index (χ0v) is 14.5. The van der Waals surface area contributed by atoms with Crippen molar-refractivity contribution in [3.63, 3.8) is 0 Å². The number of rotatable bonds is 3. The van der Waals surface area contributed by atoms with Gasteiger partial charge in [0.25, 0.3) is 11.8 Å². The molecule has 0 atom stereocenters. The van der Waals surface area contributed by atoms with Crippen molar-refractivity contribution in [1.29, 1.82) is 0 Å². The third kappa shape index (κ3) is 2.98. The molecule has 0 aromatic carbocycles. The highest BCUT2D eigenvalue weighted by Gasteiger charge is 2.24. The topological polar surface area (TPSA) is 102 Å². The number of fused-ring (bicyclic) bond motifs is 1. The average molecular weight is 341 g/mol. The van der Waals surface area contributed by atoms with Crippen LogP contribution in [0.1, 0.15) is 57.8 Å². The number of amides is 2. The molecule has 25 heavy (non-hydrogen) atoms. The Morgan fingerprint density at radius 3 is 2.56 bits per heavy atom. The normalized spacial score (nSPS) is 11.1. The third-order valence-corrected chi connectivity index (χ3v) is 3.85. The molecule has 0 saturated heterocycles. The van der Waals surface area contributed by atoms with Crippen molar-refractivity contribution >= 4 is 17.5 Å². The van der Waals surface area contributed by atoms with Gasteiger partial charge in [0.05, 0.1) is 11.4 Å². The number of carbonyl (C=O) groups excluding carboxylic acids is 2. The highest BCUT2D eigenvalue weighted by molar-refractivity contribution is 6.00. The highest BCUT2D eigenvalue weighted by Crippen LogP contribution is 2.21. The first-order chi connectivity index (χ1) is 11.9. The SMILES string of the molecule is Cc1noc(C(C)C)c1C(=O)NNC(=O)c1c(C)nc2ccccn12. The molecule has 3 aromatic heterocycles. The van der Waals surface area contributed by atoms with Crippen LogP contribution in [0.15, 0.2) is 28.9 Å². The summed E-state index contributed by atoms with van der Waals surface area (Å²) in [5, 5.41) is 3.83. The van der Waals surface area contributed by atoms with E-state index in [4.69, 9.17) is 4.52 Å². The molecule has 3 aromatic rings. The van der Waals surface area contributed by atoms with E-state index in [9.17, 15) is 9.59 Å². The van der Waals surface area contributed by atoms with Crippen molar-refractivity contribution in [2.24, 2.45) is 0 Å². The molecule has 2 N–H and O–H groups in total. The fourth-order valence-corrected chi connectivity index (χ4v) is 2.68. The van der Waals surface area contributed by atoms with Gasteiger partial charge in [0.15, 0.2) is 5.76 Å². The minimum atomic E-state index is -0.470. The molecule has 0 aliphatic rings. The van der Waals surface area contributed by atoms with Gasteiger partial charge in [0.1, 0.15) is 16.9 Å². The third-order valence-electron chi connectivity index (χ3n) is 3.85. The minimum absolute atomic E-state index is 0.00123. The molecule has 8 nitrogen and oxygen atoms in total. The number of pyridine rings is 1. The highest BCUT2D eigenvalue weighted by atomic mass is 16.5. The smallest absolute Gasteiger partial charge is 0.288 e. The quantitative estimate of drug-likeness (QED) is 0.711. The Hall–Kier alpha value is -3.16. The lowest BCUT2D eigenvalue weighted by molar-refractivity contribution is 0.0841. The Kier molecular flexibility index (Phi) is 4.26. The number of hydrogen-bond acceptors (Lipinski definition) is 5. The van der Waals surface area contributed by atoms with Gasteiger partial charge in [-0.05, 0) is 26.0 Å². The lowest BCUT2D eigenvalue weighted by Crippen LogP contribution is -2.42. The largest absolute Gasteiger partial charge is 0.360 e. The summed E-state index contributed by atoms with van der Waals surface area (Å²) in [6.07, 6.45) is 1.74. The molecular weight excluding hydrogens is 322 g/mol. The summed E-state index contributed by atoms with van der Waals surface area (Å²) in [6, 6.07) is 5.45. The van der Waals surface area contributed by atoms with Crippen molar-refractivity contribution in [2.45, 2.75) is 33.6 Å². The van der Waals surface area contributed by atoms with Gasteiger partial charge >= 0.3 is 0 Å². The van der Waals surface area contributed by atoms with Crippen LogP contribution in [0.25, 0.3) is 5.65 Å². The standard InChI is InChI=1S/C17H19N5O3/c1-9(2)15-13(10(3)21-25-15)16(23)19-20-17(24)14-11(4)18-12-7-5-6-8-22(12)14/h5-9H,1-4H3,(H,19,23)(H,20,24). The van der Waals surface area contributed by atoms with Gasteiger partial charge in [-0.25, -0.2) is 4.98 Å². The van der Waals surface area contributed by atoms with E-state index in [1.165, 1.54) is 0 Å². The Labute approximate surface area is 144 Å². The van der Waals surface area contributed by atoms with Crippen LogP contribution in [-0.2, 0) is 0 Å². The number of nitrogens with zero attached hydrogens (tertiary/aromatic N) is 3. The summed E-state index contributed by atoms with van der Waals surface area (Å²) in [7, 11) is 0. The van der Waals surface area contributed by atoms with Crippen LogP contribution in [0, 0.1) is 13.8 Å². The van der Waals surface area contributed by atoms with Crippen molar-refractivity contribution in [3.8, 4) is 0 Å². The van der Waals surface area contributed by atoms with Gasteiger partial charge in [0, 0.05) is 12.1 Å². The summed E-state index contributed by atoms with van der Waals surface area (Å²) in [5.74, 6) is -0.444. The summed E-state index contributed by atoms with van der Waals surface area (Å²) in [6.45, 7) is 7.22. The number of aromatic nitrogens is 3. The maximum absolute atomic E-state index is 12.5. The monoisotopic (exact) mass is 341 g/mol. The first kappa shape index (κ1) is 16.7. The summed E-state index contributed by atoms with van der Waals surface area (Å²) in [5.41, 5.74) is 7.26. The minimum Gasteiger partial charge on any atom is -0.360 e. The van der Waals surface area contributed by atoms with E-state index in [0.717, 1.165) is 0 Å². The van der Waals surface area contributed by atoms with Crippen LogP contribution in [0.4, 0.5) is 0 Å². The zero-order valence-electron chi connectivity index (χ0n) is 14.5. The molecule has 0 aliphatic heterocycles. The number of nitrogens with one attached hydrogen (secondary N) is 2. The van der Waals surface area contributed by atoms with Crippen LogP contribution >= 0.6 is 0 Å². The van der Waals surface area contributed by atoms with Crippen molar-refractivity contribution in [1.82, 2.24) is 25.4 Å². The predicted octanol–water partition coefficient (Wildman–Crippen LogP) is 2.14. The van der Waals surface area contributed by atoms with E-state index in [2.05, 4.69) is 21.0 Å². The van der Waals surface area contributed by atoms with E-state index in [-0.39, 0.29) is 5.92 Å². The molecule has 0 unspecified atom stereocenters. The summed E-state index contributed by atoms with van der Waals surface area (Å²) < 4.78 is 6.86. The van der Waals surface area contributed by atoms with E-state index in [0.29, 0.717) is 34.1 Å². The van der Waals surface area contributed by atoms with E-state index in [1.807, 2.05) is 19.9 Å². The summed E-state index contributed by atoms with van der Waals surface area (Å²) in [4.78, 5) is 29.2. The molecule has 8 heteroatoms. The van der Waals surface area contributed by atoms with Crippen molar-refractivity contribution in [2.75, 3.05) is 0 Å². The molecule has 0 radical (unpaired) electrons. The maximum Gasteiger partial charge on any atom is 0.288 e.